The Kier molecular flexibility index (Phi) is 6.10. The monoisotopic (exact) mass is 302 g/mol. The van der Waals surface area contributed by atoms with Crippen molar-refractivity contribution >= 4 is 0 Å². The molecule has 0 fully saturated rings. The Hall–Kier alpha value is -1.71. The Morgan fingerprint density at radius 2 is 1.82 bits per heavy atom. The van der Waals surface area contributed by atoms with Gasteiger partial charge in [0.2, 0.25) is 0 Å². The normalized spacial score (nSPS) is 10.9. The van der Waals surface area contributed by atoms with Gasteiger partial charge in [0.15, 0.2) is 0 Å². The average Bonchev–Trinajstić information content (AvgIpc) is 2.49. The molecule has 1 N–H and O–H groups in total. The molecule has 2 rings (SSSR count). The van der Waals surface area contributed by atoms with E-state index in [-0.39, 0.29) is 12.4 Å². The number of aliphatic hydroxyl groups excluding tert-OH is 1. The van der Waals surface area contributed by atoms with Crippen molar-refractivity contribution in [2.45, 2.75) is 26.2 Å². The fourth-order valence-corrected chi connectivity index (χ4v) is 2.66. The van der Waals surface area contributed by atoms with Crippen LogP contribution in [0.15, 0.2) is 36.4 Å². The predicted octanol–water partition coefficient (Wildman–Crippen LogP) is 3.91. The number of hydrogen-bond acceptors (Lipinski definition) is 2. The Labute approximate surface area is 131 Å². The second-order valence-electron chi connectivity index (χ2n) is 5.54. The lowest BCUT2D eigenvalue weighted by Gasteiger charge is -2.13. The highest BCUT2D eigenvalue weighted by molar-refractivity contribution is 5.69. The number of aryl methyl sites for hydroxylation is 2. The van der Waals surface area contributed by atoms with Crippen LogP contribution in [0.2, 0.25) is 0 Å². The molecule has 0 atom stereocenters. The van der Waals surface area contributed by atoms with Gasteiger partial charge in [-0.3, -0.25) is 0 Å². The summed E-state index contributed by atoms with van der Waals surface area (Å²) in [5.74, 6) is -0.234. The van der Waals surface area contributed by atoms with Crippen LogP contribution in [0.1, 0.15) is 23.1 Å². The van der Waals surface area contributed by atoms with E-state index in [0.717, 1.165) is 29.5 Å². The summed E-state index contributed by atoms with van der Waals surface area (Å²) >= 11 is 0. The summed E-state index contributed by atoms with van der Waals surface area (Å²) in [5.41, 5.74) is 4.69. The van der Waals surface area contributed by atoms with E-state index in [0.29, 0.717) is 18.6 Å². The smallest absolute Gasteiger partial charge is 0.131 e. The van der Waals surface area contributed by atoms with E-state index < -0.39 is 0 Å². The molecule has 0 aliphatic carbocycles. The SMILES string of the molecule is COCCCc1cc(C)ccc1-c1ccc(CCO)cc1F. The first-order chi connectivity index (χ1) is 10.7. The summed E-state index contributed by atoms with van der Waals surface area (Å²) < 4.78 is 19.5. The van der Waals surface area contributed by atoms with Crippen LogP contribution >= 0.6 is 0 Å². The molecule has 0 amide bonds. The third-order valence-electron chi connectivity index (χ3n) is 3.78. The number of halogens is 1. The van der Waals surface area contributed by atoms with Crippen LogP contribution in [-0.4, -0.2) is 25.4 Å². The summed E-state index contributed by atoms with van der Waals surface area (Å²) in [4.78, 5) is 0. The van der Waals surface area contributed by atoms with Crippen LogP contribution in [0, 0.1) is 12.7 Å². The summed E-state index contributed by atoms with van der Waals surface area (Å²) in [6, 6.07) is 11.3. The number of hydrogen-bond donors (Lipinski definition) is 1. The van der Waals surface area contributed by atoms with Gasteiger partial charge in [-0.2, -0.15) is 0 Å². The molecule has 0 bridgehead atoms. The van der Waals surface area contributed by atoms with Gasteiger partial charge in [0.1, 0.15) is 5.82 Å². The van der Waals surface area contributed by atoms with Gasteiger partial charge in [0.25, 0.3) is 0 Å². The lowest BCUT2D eigenvalue weighted by Crippen LogP contribution is -1.98. The number of ether oxygens (including phenoxy) is 1. The third kappa shape index (κ3) is 4.15. The molecule has 0 heterocycles. The molecule has 0 aromatic heterocycles. The fourth-order valence-electron chi connectivity index (χ4n) is 2.66. The van der Waals surface area contributed by atoms with E-state index in [1.165, 1.54) is 11.6 Å². The van der Waals surface area contributed by atoms with E-state index in [1.807, 2.05) is 31.2 Å². The highest BCUT2D eigenvalue weighted by Gasteiger charge is 2.11. The maximum atomic E-state index is 14.4. The number of aliphatic hydroxyl groups is 1. The van der Waals surface area contributed by atoms with E-state index in [9.17, 15) is 4.39 Å². The van der Waals surface area contributed by atoms with Crippen molar-refractivity contribution in [3.05, 3.63) is 58.9 Å². The quantitative estimate of drug-likeness (QED) is 0.786. The lowest BCUT2D eigenvalue weighted by atomic mass is 9.94. The molecular formula is C19H23FO2. The second-order valence-corrected chi connectivity index (χ2v) is 5.54. The molecule has 2 aromatic carbocycles. The van der Waals surface area contributed by atoms with Crippen LogP contribution in [0.4, 0.5) is 4.39 Å². The molecule has 118 valence electrons. The number of benzene rings is 2. The molecule has 0 unspecified atom stereocenters. The zero-order chi connectivity index (χ0) is 15.9. The first kappa shape index (κ1) is 16.7. The predicted molar refractivity (Wildman–Crippen MR) is 87.6 cm³/mol. The molecule has 0 radical (unpaired) electrons. The Bertz CT molecular complexity index is 623. The standard InChI is InChI=1S/C19H23FO2/c1-14-5-7-17(16(12-14)4-3-11-22-2)18-8-6-15(9-10-21)13-19(18)20/h5-8,12-13,21H,3-4,9-11H2,1-2H3. The molecule has 0 saturated carbocycles. The van der Waals surface area contributed by atoms with Gasteiger partial charge in [0, 0.05) is 25.9 Å². The maximum absolute atomic E-state index is 14.4. The molecule has 2 nitrogen and oxygen atoms in total. The first-order valence-electron chi connectivity index (χ1n) is 7.64. The number of rotatable bonds is 7. The molecular weight excluding hydrogens is 279 g/mol. The topological polar surface area (TPSA) is 29.5 Å². The second kappa shape index (κ2) is 8.06. The Morgan fingerprint density at radius 1 is 1.05 bits per heavy atom. The molecule has 0 aliphatic heterocycles. The van der Waals surface area contributed by atoms with Crippen molar-refractivity contribution in [2.24, 2.45) is 0 Å². The van der Waals surface area contributed by atoms with Crippen molar-refractivity contribution in [1.82, 2.24) is 0 Å². The maximum Gasteiger partial charge on any atom is 0.131 e. The van der Waals surface area contributed by atoms with Gasteiger partial charge in [-0.1, -0.05) is 35.9 Å². The Morgan fingerprint density at radius 3 is 2.50 bits per heavy atom. The minimum atomic E-state index is -0.234. The molecule has 3 heteroatoms. The van der Waals surface area contributed by atoms with Crippen molar-refractivity contribution in [3.63, 3.8) is 0 Å². The van der Waals surface area contributed by atoms with Crippen LogP contribution in [-0.2, 0) is 17.6 Å². The van der Waals surface area contributed by atoms with Gasteiger partial charge in [-0.05, 0) is 48.9 Å². The number of methoxy groups -OCH3 is 1. The van der Waals surface area contributed by atoms with Gasteiger partial charge in [-0.25, -0.2) is 4.39 Å². The minimum Gasteiger partial charge on any atom is -0.396 e. The average molecular weight is 302 g/mol. The van der Waals surface area contributed by atoms with Crippen LogP contribution in [0.5, 0.6) is 0 Å². The van der Waals surface area contributed by atoms with Gasteiger partial charge >= 0.3 is 0 Å². The van der Waals surface area contributed by atoms with Crippen molar-refractivity contribution in [3.8, 4) is 11.1 Å². The summed E-state index contributed by atoms with van der Waals surface area (Å²) in [6.07, 6.45) is 2.26. The summed E-state index contributed by atoms with van der Waals surface area (Å²) in [6.45, 7) is 2.78. The van der Waals surface area contributed by atoms with E-state index >= 15 is 0 Å². The first-order valence-corrected chi connectivity index (χ1v) is 7.64. The molecule has 0 saturated heterocycles. The fraction of sp³-hybridized carbons (Fsp3) is 0.368. The van der Waals surface area contributed by atoms with E-state index in [1.54, 1.807) is 7.11 Å². The van der Waals surface area contributed by atoms with Crippen molar-refractivity contribution < 1.29 is 14.2 Å². The van der Waals surface area contributed by atoms with E-state index in [4.69, 9.17) is 9.84 Å². The van der Waals surface area contributed by atoms with Crippen molar-refractivity contribution in [1.29, 1.82) is 0 Å². The lowest BCUT2D eigenvalue weighted by molar-refractivity contribution is 0.195. The molecule has 0 spiro atoms. The third-order valence-corrected chi connectivity index (χ3v) is 3.78. The highest BCUT2D eigenvalue weighted by Crippen LogP contribution is 2.29. The zero-order valence-electron chi connectivity index (χ0n) is 13.2. The molecule has 22 heavy (non-hydrogen) atoms. The molecule has 2 aromatic rings. The highest BCUT2D eigenvalue weighted by atomic mass is 19.1. The van der Waals surface area contributed by atoms with Gasteiger partial charge < -0.3 is 9.84 Å². The Balaban J connectivity index is 2.34. The van der Waals surface area contributed by atoms with Gasteiger partial charge in [0.05, 0.1) is 0 Å². The minimum absolute atomic E-state index is 0.0333. The summed E-state index contributed by atoms with van der Waals surface area (Å²) in [7, 11) is 1.69. The van der Waals surface area contributed by atoms with Crippen LogP contribution < -0.4 is 0 Å². The van der Waals surface area contributed by atoms with Gasteiger partial charge in [-0.15, -0.1) is 0 Å². The van der Waals surface area contributed by atoms with Crippen LogP contribution in [0.25, 0.3) is 11.1 Å². The van der Waals surface area contributed by atoms with Crippen LogP contribution in [0.3, 0.4) is 0 Å². The largest absolute Gasteiger partial charge is 0.396 e. The van der Waals surface area contributed by atoms with E-state index in [2.05, 4.69) is 6.07 Å². The summed E-state index contributed by atoms with van der Waals surface area (Å²) in [5, 5.41) is 8.96. The van der Waals surface area contributed by atoms with Crippen molar-refractivity contribution in [2.75, 3.05) is 20.3 Å². The molecule has 0 aliphatic rings. The zero-order valence-corrected chi connectivity index (χ0v) is 13.2.